The molecule has 0 saturated heterocycles. The van der Waals surface area contributed by atoms with Crippen molar-refractivity contribution in [1.82, 2.24) is 10.1 Å². The molecule has 2 heterocycles. The highest BCUT2D eigenvalue weighted by molar-refractivity contribution is 6.16. The molecule has 0 N–H and O–H groups in total. The van der Waals surface area contributed by atoms with E-state index < -0.39 is 0 Å². The van der Waals surface area contributed by atoms with Crippen molar-refractivity contribution in [2.75, 3.05) is 7.11 Å². The summed E-state index contributed by atoms with van der Waals surface area (Å²) >= 11 is 5.53. The molecule has 0 spiro atoms. The fourth-order valence-corrected chi connectivity index (χ4v) is 1.08. The van der Waals surface area contributed by atoms with Gasteiger partial charge in [-0.3, -0.25) is 0 Å². The predicted octanol–water partition coefficient (Wildman–Crippen LogP) is 2.08. The van der Waals surface area contributed by atoms with E-state index in [0.29, 0.717) is 23.3 Å². The molecule has 0 amide bonds. The first-order valence-electron chi connectivity index (χ1n) is 3.85. The van der Waals surface area contributed by atoms with Gasteiger partial charge in [-0.2, -0.15) is 0 Å². The second kappa shape index (κ2) is 3.71. The molecular formula is C8H7ClN2O3. The minimum absolute atomic E-state index is 0.227. The van der Waals surface area contributed by atoms with Crippen LogP contribution in [0.3, 0.4) is 0 Å². The highest BCUT2D eigenvalue weighted by Gasteiger charge is 2.11. The first kappa shape index (κ1) is 9.08. The van der Waals surface area contributed by atoms with Crippen molar-refractivity contribution < 1.29 is 13.7 Å². The second-order valence-electron chi connectivity index (χ2n) is 2.49. The summed E-state index contributed by atoms with van der Waals surface area (Å²) in [7, 11) is 1.51. The van der Waals surface area contributed by atoms with E-state index in [1.54, 1.807) is 6.07 Å². The van der Waals surface area contributed by atoms with Gasteiger partial charge in [-0.1, -0.05) is 0 Å². The van der Waals surface area contributed by atoms with Gasteiger partial charge >= 0.3 is 0 Å². The van der Waals surface area contributed by atoms with Crippen molar-refractivity contribution in [1.29, 1.82) is 0 Å². The molecule has 2 aromatic rings. The molecule has 14 heavy (non-hydrogen) atoms. The maximum atomic E-state index is 5.53. The van der Waals surface area contributed by atoms with Crippen molar-refractivity contribution in [2.45, 2.75) is 5.88 Å². The zero-order chi connectivity index (χ0) is 9.97. The van der Waals surface area contributed by atoms with E-state index in [-0.39, 0.29) is 5.88 Å². The largest absolute Gasteiger partial charge is 0.479 e. The Balaban J connectivity index is 2.29. The monoisotopic (exact) mass is 214 g/mol. The fraction of sp³-hybridized carbons (Fsp3) is 0.250. The Hall–Kier alpha value is -1.49. The van der Waals surface area contributed by atoms with Crippen LogP contribution in [0.15, 0.2) is 21.2 Å². The minimum Gasteiger partial charge on any atom is -0.479 e. The van der Waals surface area contributed by atoms with Gasteiger partial charge in [-0.15, -0.1) is 11.6 Å². The summed E-state index contributed by atoms with van der Waals surface area (Å²) in [5.74, 6) is 2.01. The number of halogens is 1. The quantitative estimate of drug-likeness (QED) is 0.732. The minimum atomic E-state index is 0.227. The van der Waals surface area contributed by atoms with Crippen LogP contribution in [0.2, 0.25) is 0 Å². The van der Waals surface area contributed by atoms with Crippen LogP contribution in [0.4, 0.5) is 0 Å². The SMILES string of the molecule is COc1cc(-c2cnc(CCl)o2)on1. The number of aromatic nitrogens is 2. The molecule has 0 aliphatic carbocycles. The summed E-state index contributed by atoms with van der Waals surface area (Å²) < 4.78 is 15.0. The molecule has 2 rings (SSSR count). The third-order valence-electron chi connectivity index (χ3n) is 1.61. The molecule has 0 aliphatic heterocycles. The third-order valence-corrected chi connectivity index (χ3v) is 1.84. The summed E-state index contributed by atoms with van der Waals surface area (Å²) in [4.78, 5) is 3.92. The van der Waals surface area contributed by atoms with Crippen LogP contribution in [-0.4, -0.2) is 17.3 Å². The summed E-state index contributed by atoms with van der Waals surface area (Å²) in [6, 6.07) is 1.61. The topological polar surface area (TPSA) is 61.3 Å². The Morgan fingerprint density at radius 1 is 1.50 bits per heavy atom. The Morgan fingerprint density at radius 3 is 2.93 bits per heavy atom. The molecule has 0 atom stereocenters. The van der Waals surface area contributed by atoms with Gasteiger partial charge in [-0.25, -0.2) is 4.98 Å². The number of oxazole rings is 1. The van der Waals surface area contributed by atoms with Gasteiger partial charge in [0.1, 0.15) is 0 Å². The highest BCUT2D eigenvalue weighted by atomic mass is 35.5. The normalized spacial score (nSPS) is 10.4. The lowest BCUT2D eigenvalue weighted by molar-refractivity contribution is 0.339. The average Bonchev–Trinajstić information content (AvgIpc) is 2.86. The lowest BCUT2D eigenvalue weighted by atomic mass is 10.4. The van der Waals surface area contributed by atoms with E-state index in [2.05, 4.69) is 10.1 Å². The second-order valence-corrected chi connectivity index (χ2v) is 2.75. The van der Waals surface area contributed by atoms with Gasteiger partial charge in [0.15, 0.2) is 5.76 Å². The maximum absolute atomic E-state index is 5.53. The van der Waals surface area contributed by atoms with Crippen molar-refractivity contribution in [2.24, 2.45) is 0 Å². The van der Waals surface area contributed by atoms with E-state index in [1.165, 1.54) is 13.3 Å². The van der Waals surface area contributed by atoms with Crippen LogP contribution >= 0.6 is 11.6 Å². The molecule has 74 valence electrons. The van der Waals surface area contributed by atoms with Crippen molar-refractivity contribution in [3.63, 3.8) is 0 Å². The van der Waals surface area contributed by atoms with Crippen LogP contribution in [0, 0.1) is 0 Å². The zero-order valence-corrected chi connectivity index (χ0v) is 8.11. The van der Waals surface area contributed by atoms with E-state index in [1.807, 2.05) is 0 Å². The van der Waals surface area contributed by atoms with E-state index in [0.717, 1.165) is 0 Å². The Morgan fingerprint density at radius 2 is 2.36 bits per heavy atom. The summed E-state index contributed by atoms with van der Waals surface area (Å²) in [6.07, 6.45) is 1.53. The van der Waals surface area contributed by atoms with Gasteiger partial charge in [0.05, 0.1) is 25.3 Å². The smallest absolute Gasteiger partial charge is 0.254 e. The third kappa shape index (κ3) is 1.58. The molecule has 0 fully saturated rings. The summed E-state index contributed by atoms with van der Waals surface area (Å²) in [5.41, 5.74) is 0. The van der Waals surface area contributed by atoms with Crippen LogP contribution < -0.4 is 4.74 Å². The number of methoxy groups -OCH3 is 1. The molecule has 5 nitrogen and oxygen atoms in total. The molecule has 0 saturated carbocycles. The maximum Gasteiger partial charge on any atom is 0.254 e. The van der Waals surface area contributed by atoms with Gasteiger partial charge < -0.3 is 13.7 Å². The number of ether oxygens (including phenoxy) is 1. The molecule has 0 aromatic carbocycles. The molecule has 2 aromatic heterocycles. The molecular weight excluding hydrogens is 208 g/mol. The van der Waals surface area contributed by atoms with Crippen molar-refractivity contribution >= 4 is 11.6 Å². The highest BCUT2D eigenvalue weighted by Crippen LogP contribution is 2.24. The zero-order valence-electron chi connectivity index (χ0n) is 7.36. The van der Waals surface area contributed by atoms with Crippen LogP contribution in [0.1, 0.15) is 5.89 Å². The Labute approximate surface area is 84.6 Å². The predicted molar refractivity (Wildman–Crippen MR) is 48.1 cm³/mol. The number of hydrogen-bond acceptors (Lipinski definition) is 5. The lowest BCUT2D eigenvalue weighted by Gasteiger charge is -1.85. The van der Waals surface area contributed by atoms with E-state index in [9.17, 15) is 0 Å². The van der Waals surface area contributed by atoms with Gasteiger partial charge in [0, 0.05) is 0 Å². The van der Waals surface area contributed by atoms with E-state index in [4.69, 9.17) is 25.3 Å². The molecule has 0 radical (unpaired) electrons. The Kier molecular flexibility index (Phi) is 2.41. The van der Waals surface area contributed by atoms with Crippen LogP contribution in [0.25, 0.3) is 11.5 Å². The number of hydrogen-bond donors (Lipinski definition) is 0. The molecule has 0 unspecified atom stereocenters. The summed E-state index contributed by atoms with van der Waals surface area (Å²) in [5, 5.41) is 3.63. The van der Waals surface area contributed by atoms with Gasteiger partial charge in [-0.05, 0) is 5.16 Å². The lowest BCUT2D eigenvalue weighted by Crippen LogP contribution is -1.78. The standard InChI is InChI=1S/C8H7ClN2O3/c1-12-7-2-5(14-11-7)6-4-10-8(3-9)13-6/h2,4H,3H2,1H3. The number of nitrogens with zero attached hydrogens (tertiary/aromatic N) is 2. The molecule has 0 aliphatic rings. The molecule has 0 bridgehead atoms. The van der Waals surface area contributed by atoms with Crippen molar-refractivity contribution in [3.8, 4) is 17.4 Å². The van der Waals surface area contributed by atoms with Gasteiger partial charge in [0.2, 0.25) is 11.7 Å². The fourth-order valence-electron chi connectivity index (χ4n) is 0.957. The number of rotatable bonds is 3. The van der Waals surface area contributed by atoms with Gasteiger partial charge in [0.25, 0.3) is 5.88 Å². The first-order valence-corrected chi connectivity index (χ1v) is 4.38. The van der Waals surface area contributed by atoms with Crippen LogP contribution in [0.5, 0.6) is 5.88 Å². The number of alkyl halides is 1. The Bertz CT molecular complexity index is 383. The first-order chi connectivity index (χ1) is 6.83. The molecule has 6 heteroatoms. The summed E-state index contributed by atoms with van der Waals surface area (Å²) in [6.45, 7) is 0. The van der Waals surface area contributed by atoms with E-state index >= 15 is 0 Å². The van der Waals surface area contributed by atoms with Crippen LogP contribution in [-0.2, 0) is 5.88 Å². The average molecular weight is 215 g/mol. The van der Waals surface area contributed by atoms with Crippen molar-refractivity contribution in [3.05, 3.63) is 18.2 Å².